The molecule has 2 aliphatic rings. The number of aromatic amines is 1. The van der Waals surface area contributed by atoms with Gasteiger partial charge in [-0.1, -0.05) is 12.1 Å². The van der Waals surface area contributed by atoms with E-state index in [2.05, 4.69) is 25.1 Å². The number of imidazole rings is 1. The summed E-state index contributed by atoms with van der Waals surface area (Å²) in [6, 6.07) is 8.11. The van der Waals surface area contributed by atoms with Gasteiger partial charge >= 0.3 is 0 Å². The fourth-order valence-electron chi connectivity index (χ4n) is 3.62. The minimum atomic E-state index is -0.394. The second kappa shape index (κ2) is 6.07. The van der Waals surface area contributed by atoms with Crippen molar-refractivity contribution >= 4 is 22.9 Å². The van der Waals surface area contributed by atoms with Crippen molar-refractivity contribution in [2.24, 2.45) is 5.92 Å². The number of amides is 1. The molecule has 3 heterocycles. The number of carbonyl (C=O) groups excluding carboxylic acids is 1. The van der Waals surface area contributed by atoms with Crippen molar-refractivity contribution < 1.29 is 9.90 Å². The number of rotatable bonds is 4. The minimum absolute atomic E-state index is 0.0311. The molecule has 3 N–H and O–H groups in total. The highest BCUT2D eigenvalue weighted by atomic mass is 16.3. The van der Waals surface area contributed by atoms with Crippen molar-refractivity contribution in [2.45, 2.75) is 18.6 Å². The topological polar surface area (TPSA) is 84.5 Å². The van der Waals surface area contributed by atoms with E-state index >= 15 is 0 Å². The second-order valence-corrected chi connectivity index (χ2v) is 7.00. The molecule has 128 valence electrons. The van der Waals surface area contributed by atoms with Crippen LogP contribution in [0.4, 0.5) is 5.95 Å². The number of likely N-dealkylation sites (tertiary alicyclic amines) is 1. The number of nitrogens with one attached hydrogen (secondary N) is 2. The van der Waals surface area contributed by atoms with Gasteiger partial charge in [-0.05, 0) is 19.2 Å². The van der Waals surface area contributed by atoms with Crippen LogP contribution in [-0.4, -0.2) is 71.3 Å². The van der Waals surface area contributed by atoms with Crippen LogP contribution < -0.4 is 10.2 Å². The van der Waals surface area contributed by atoms with Crippen LogP contribution in [0.15, 0.2) is 24.3 Å². The number of aliphatic hydroxyl groups is 1. The van der Waals surface area contributed by atoms with Crippen molar-refractivity contribution in [3.63, 3.8) is 0 Å². The predicted molar refractivity (Wildman–Crippen MR) is 91.8 cm³/mol. The number of fused-ring (bicyclic) bond motifs is 1. The van der Waals surface area contributed by atoms with Gasteiger partial charge in [0.05, 0.1) is 23.2 Å². The van der Waals surface area contributed by atoms with Gasteiger partial charge in [-0.3, -0.25) is 4.79 Å². The zero-order chi connectivity index (χ0) is 16.7. The molecule has 2 aromatic rings. The average Bonchev–Trinajstić information content (AvgIpc) is 3.05. The van der Waals surface area contributed by atoms with Gasteiger partial charge in [-0.2, -0.15) is 0 Å². The highest BCUT2D eigenvalue weighted by molar-refractivity contribution is 5.78. The Morgan fingerprint density at radius 3 is 2.83 bits per heavy atom. The summed E-state index contributed by atoms with van der Waals surface area (Å²) in [7, 11) is 1.97. The molecule has 2 aliphatic heterocycles. The monoisotopic (exact) mass is 329 g/mol. The third-order valence-electron chi connectivity index (χ3n) is 4.96. The van der Waals surface area contributed by atoms with Crippen molar-refractivity contribution in [1.82, 2.24) is 20.2 Å². The summed E-state index contributed by atoms with van der Waals surface area (Å²) in [6.45, 7) is 2.96. The molecule has 1 aromatic heterocycles. The summed E-state index contributed by atoms with van der Waals surface area (Å²) in [5.74, 6) is 0.930. The van der Waals surface area contributed by atoms with Gasteiger partial charge in [0.15, 0.2) is 0 Å². The maximum atomic E-state index is 12.2. The van der Waals surface area contributed by atoms with Crippen LogP contribution in [0, 0.1) is 5.92 Å². The zero-order valence-corrected chi connectivity index (χ0v) is 13.8. The Hall–Kier alpha value is -2.12. The smallest absolute Gasteiger partial charge is 0.220 e. The SMILES string of the molecule is CN1C[C@@H](CC(=O)NC2CN(c3nc4ccccc4[nH]3)C2)[C@H](O)C1. The molecular formula is C17H23N5O2. The number of anilines is 1. The summed E-state index contributed by atoms with van der Waals surface area (Å²) >= 11 is 0. The van der Waals surface area contributed by atoms with E-state index in [0.717, 1.165) is 36.6 Å². The Balaban J connectivity index is 1.27. The number of aromatic nitrogens is 2. The normalized spacial score (nSPS) is 25.2. The summed E-state index contributed by atoms with van der Waals surface area (Å²) in [6.07, 6.45) is 0.00121. The Morgan fingerprint density at radius 1 is 1.33 bits per heavy atom. The van der Waals surface area contributed by atoms with Gasteiger partial charge < -0.3 is 25.2 Å². The van der Waals surface area contributed by atoms with Crippen LogP contribution in [0.2, 0.25) is 0 Å². The summed E-state index contributed by atoms with van der Waals surface area (Å²) in [5, 5.41) is 13.0. The number of carbonyl (C=O) groups is 1. The number of β-amino-alcohol motifs (C(OH)–C–C–N with tert-alkyl or cyclic N) is 1. The molecule has 2 saturated heterocycles. The fraction of sp³-hybridized carbons (Fsp3) is 0.529. The lowest BCUT2D eigenvalue weighted by atomic mass is 10.0. The number of likely N-dealkylation sites (N-methyl/N-ethyl adjacent to an activating group) is 1. The van der Waals surface area contributed by atoms with Gasteiger partial charge in [0.1, 0.15) is 0 Å². The van der Waals surface area contributed by atoms with E-state index in [9.17, 15) is 9.90 Å². The molecule has 1 aromatic carbocycles. The van der Waals surface area contributed by atoms with Crippen molar-refractivity contribution in [1.29, 1.82) is 0 Å². The Morgan fingerprint density at radius 2 is 2.12 bits per heavy atom. The average molecular weight is 329 g/mol. The van der Waals surface area contributed by atoms with E-state index in [0.29, 0.717) is 13.0 Å². The van der Waals surface area contributed by atoms with Gasteiger partial charge in [0.2, 0.25) is 11.9 Å². The third kappa shape index (κ3) is 2.97. The lowest BCUT2D eigenvalue weighted by Crippen LogP contribution is -2.60. The number of hydrogen-bond donors (Lipinski definition) is 3. The molecule has 0 radical (unpaired) electrons. The number of H-pyrrole nitrogens is 1. The standard InChI is InChI=1S/C17H23N5O2/c1-21-7-11(15(23)10-21)6-16(24)18-12-8-22(9-12)17-19-13-4-2-3-5-14(13)20-17/h2-5,11-12,15,23H,6-10H2,1H3,(H,18,24)(H,19,20)/t11-,15-/m1/s1. The van der Waals surface area contributed by atoms with E-state index in [1.54, 1.807) is 0 Å². The van der Waals surface area contributed by atoms with Crippen LogP contribution in [0.5, 0.6) is 0 Å². The van der Waals surface area contributed by atoms with E-state index in [4.69, 9.17) is 0 Å². The van der Waals surface area contributed by atoms with Crippen molar-refractivity contribution in [2.75, 3.05) is 38.1 Å². The molecule has 4 rings (SSSR count). The Bertz CT molecular complexity index is 706. The van der Waals surface area contributed by atoms with Gasteiger partial charge in [0, 0.05) is 38.5 Å². The third-order valence-corrected chi connectivity index (χ3v) is 4.96. The molecule has 7 heteroatoms. The number of hydrogen-bond acceptors (Lipinski definition) is 5. The number of benzene rings is 1. The van der Waals surface area contributed by atoms with Crippen molar-refractivity contribution in [3.05, 3.63) is 24.3 Å². The van der Waals surface area contributed by atoms with Crippen LogP contribution in [0.3, 0.4) is 0 Å². The first-order chi connectivity index (χ1) is 11.6. The summed E-state index contributed by atoms with van der Waals surface area (Å²) in [4.78, 5) is 24.2. The number of aliphatic hydroxyl groups excluding tert-OH is 1. The molecular weight excluding hydrogens is 306 g/mol. The fourth-order valence-corrected chi connectivity index (χ4v) is 3.62. The molecule has 0 bridgehead atoms. The Labute approximate surface area is 140 Å². The molecule has 2 fully saturated rings. The first-order valence-electron chi connectivity index (χ1n) is 8.44. The maximum absolute atomic E-state index is 12.2. The van der Waals surface area contributed by atoms with E-state index < -0.39 is 6.10 Å². The summed E-state index contributed by atoms with van der Waals surface area (Å²) in [5.41, 5.74) is 1.98. The zero-order valence-electron chi connectivity index (χ0n) is 13.8. The quantitative estimate of drug-likeness (QED) is 0.745. The second-order valence-electron chi connectivity index (χ2n) is 7.00. The molecule has 24 heavy (non-hydrogen) atoms. The molecule has 0 spiro atoms. The number of nitrogens with zero attached hydrogens (tertiary/aromatic N) is 3. The molecule has 0 unspecified atom stereocenters. The van der Waals surface area contributed by atoms with Crippen LogP contribution >= 0.6 is 0 Å². The first kappa shape index (κ1) is 15.4. The Kier molecular flexibility index (Phi) is 3.90. The van der Waals surface area contributed by atoms with Crippen molar-refractivity contribution in [3.8, 4) is 0 Å². The van der Waals surface area contributed by atoms with Crippen LogP contribution in [0.25, 0.3) is 11.0 Å². The predicted octanol–water partition coefficient (Wildman–Crippen LogP) is 0.180. The number of para-hydroxylation sites is 2. The first-order valence-corrected chi connectivity index (χ1v) is 8.44. The highest BCUT2D eigenvalue weighted by Crippen LogP contribution is 2.22. The van der Waals surface area contributed by atoms with Gasteiger partial charge in [-0.15, -0.1) is 0 Å². The molecule has 0 aliphatic carbocycles. The van der Waals surface area contributed by atoms with Crippen LogP contribution in [-0.2, 0) is 4.79 Å². The summed E-state index contributed by atoms with van der Waals surface area (Å²) < 4.78 is 0. The van der Waals surface area contributed by atoms with Gasteiger partial charge in [-0.25, -0.2) is 4.98 Å². The van der Waals surface area contributed by atoms with E-state index in [1.807, 2.05) is 31.3 Å². The van der Waals surface area contributed by atoms with E-state index in [-0.39, 0.29) is 17.9 Å². The molecule has 1 amide bonds. The largest absolute Gasteiger partial charge is 0.391 e. The molecule has 7 nitrogen and oxygen atoms in total. The maximum Gasteiger partial charge on any atom is 0.220 e. The van der Waals surface area contributed by atoms with Crippen LogP contribution in [0.1, 0.15) is 6.42 Å². The lowest BCUT2D eigenvalue weighted by molar-refractivity contribution is -0.123. The molecule has 0 saturated carbocycles. The highest BCUT2D eigenvalue weighted by Gasteiger charge is 2.33. The van der Waals surface area contributed by atoms with Gasteiger partial charge in [0.25, 0.3) is 0 Å². The minimum Gasteiger partial charge on any atom is -0.391 e. The lowest BCUT2D eigenvalue weighted by Gasteiger charge is -2.39. The molecule has 2 atom stereocenters. The van der Waals surface area contributed by atoms with E-state index in [1.165, 1.54) is 0 Å².